The van der Waals surface area contributed by atoms with Gasteiger partial charge in [-0.2, -0.15) is 0 Å². The van der Waals surface area contributed by atoms with Gasteiger partial charge in [-0.1, -0.05) is 24.3 Å². The van der Waals surface area contributed by atoms with Crippen molar-refractivity contribution in [1.82, 2.24) is 0 Å². The molecule has 0 saturated heterocycles. The molecule has 76 valence electrons. The molecule has 2 nitrogen and oxygen atoms in total. The summed E-state index contributed by atoms with van der Waals surface area (Å²) in [6.07, 6.45) is 1.70. The molecule has 1 aliphatic carbocycles. The Bertz CT molecular complexity index is 327. The molecule has 1 aromatic carbocycles. The second-order valence-electron chi connectivity index (χ2n) is 4.24. The van der Waals surface area contributed by atoms with E-state index in [9.17, 15) is 10.2 Å². The van der Waals surface area contributed by atoms with Crippen LogP contribution in [-0.2, 0) is 5.41 Å². The average Bonchev–Trinajstić information content (AvgIpc) is 2.98. The van der Waals surface area contributed by atoms with E-state index in [-0.39, 0.29) is 12.0 Å². The van der Waals surface area contributed by atoms with Crippen LogP contribution < -0.4 is 0 Å². The average molecular weight is 192 g/mol. The zero-order valence-corrected chi connectivity index (χ0v) is 8.40. The van der Waals surface area contributed by atoms with E-state index >= 15 is 0 Å². The fraction of sp³-hybridized carbons (Fsp3) is 0.500. The molecule has 1 fully saturated rings. The van der Waals surface area contributed by atoms with Gasteiger partial charge in [-0.15, -0.1) is 0 Å². The minimum Gasteiger partial charge on any atom is -0.395 e. The van der Waals surface area contributed by atoms with Crippen LogP contribution in [0.3, 0.4) is 0 Å². The third-order valence-corrected chi connectivity index (χ3v) is 3.14. The monoisotopic (exact) mass is 192 g/mol. The normalized spacial score (nSPS) is 20.5. The Labute approximate surface area is 84.2 Å². The molecule has 0 radical (unpaired) electrons. The van der Waals surface area contributed by atoms with Gasteiger partial charge in [0.2, 0.25) is 0 Å². The number of hydrogen-bond acceptors (Lipinski definition) is 2. The maximum atomic E-state index is 9.44. The van der Waals surface area contributed by atoms with Crippen molar-refractivity contribution in [3.8, 4) is 0 Å². The summed E-state index contributed by atoms with van der Waals surface area (Å²) in [5.74, 6) is 0. The second kappa shape index (κ2) is 3.37. The molecule has 1 aliphatic rings. The Morgan fingerprint density at radius 2 is 2.14 bits per heavy atom. The lowest BCUT2D eigenvalue weighted by molar-refractivity contribution is 0.199. The van der Waals surface area contributed by atoms with E-state index in [1.165, 1.54) is 5.56 Å². The minimum absolute atomic E-state index is 0.00486. The van der Waals surface area contributed by atoms with Crippen LogP contribution in [0.5, 0.6) is 0 Å². The van der Waals surface area contributed by atoms with E-state index in [2.05, 4.69) is 0 Å². The molecule has 0 amide bonds. The standard InChI is InChI=1S/C12H16O2/c1-9(14)10-3-2-4-11(7-10)12(8-13)5-6-12/h2-4,7,9,13-14H,5-6,8H2,1H3. The van der Waals surface area contributed by atoms with Crippen molar-refractivity contribution in [2.75, 3.05) is 6.61 Å². The first kappa shape index (κ1) is 9.69. The molecule has 1 unspecified atom stereocenters. The number of benzene rings is 1. The number of aliphatic hydroxyl groups excluding tert-OH is 2. The highest BCUT2D eigenvalue weighted by Crippen LogP contribution is 2.47. The summed E-state index contributed by atoms with van der Waals surface area (Å²) in [7, 11) is 0. The third kappa shape index (κ3) is 1.56. The van der Waals surface area contributed by atoms with E-state index < -0.39 is 6.10 Å². The molecule has 0 aliphatic heterocycles. The molecule has 2 rings (SSSR count). The lowest BCUT2D eigenvalue weighted by atomic mass is 9.94. The van der Waals surface area contributed by atoms with Crippen molar-refractivity contribution < 1.29 is 10.2 Å². The molecule has 0 aromatic heterocycles. The number of rotatable bonds is 3. The van der Waals surface area contributed by atoms with Gasteiger partial charge in [-0.05, 0) is 30.9 Å². The molecular formula is C12H16O2. The lowest BCUT2D eigenvalue weighted by Crippen LogP contribution is -2.12. The SMILES string of the molecule is CC(O)c1cccc(C2(CO)CC2)c1. The highest BCUT2D eigenvalue weighted by Gasteiger charge is 2.43. The van der Waals surface area contributed by atoms with Crippen LogP contribution in [0.2, 0.25) is 0 Å². The molecule has 2 N–H and O–H groups in total. The number of hydrogen-bond donors (Lipinski definition) is 2. The minimum atomic E-state index is -0.426. The summed E-state index contributed by atoms with van der Waals surface area (Å²) in [5, 5.41) is 18.7. The van der Waals surface area contributed by atoms with Crippen LogP contribution in [0.25, 0.3) is 0 Å². The first-order valence-electron chi connectivity index (χ1n) is 5.07. The first-order valence-corrected chi connectivity index (χ1v) is 5.07. The molecule has 1 saturated carbocycles. The molecule has 0 spiro atoms. The second-order valence-corrected chi connectivity index (χ2v) is 4.24. The maximum Gasteiger partial charge on any atom is 0.0762 e. The van der Waals surface area contributed by atoms with Crippen LogP contribution in [0.15, 0.2) is 24.3 Å². The molecule has 0 bridgehead atoms. The zero-order valence-electron chi connectivity index (χ0n) is 8.40. The van der Waals surface area contributed by atoms with Crippen molar-refractivity contribution in [3.05, 3.63) is 35.4 Å². The fourth-order valence-corrected chi connectivity index (χ4v) is 1.82. The molecule has 1 aromatic rings. The predicted molar refractivity (Wildman–Crippen MR) is 55.1 cm³/mol. The van der Waals surface area contributed by atoms with Gasteiger partial charge in [0.15, 0.2) is 0 Å². The van der Waals surface area contributed by atoms with Crippen molar-refractivity contribution in [2.45, 2.75) is 31.3 Å². The number of aliphatic hydroxyl groups is 2. The largest absolute Gasteiger partial charge is 0.395 e. The smallest absolute Gasteiger partial charge is 0.0762 e. The molecule has 1 atom stereocenters. The van der Waals surface area contributed by atoms with Crippen LogP contribution in [0, 0.1) is 0 Å². The van der Waals surface area contributed by atoms with Crippen LogP contribution in [-0.4, -0.2) is 16.8 Å². The predicted octanol–water partition coefficient (Wildman–Crippen LogP) is 1.76. The van der Waals surface area contributed by atoms with Crippen LogP contribution in [0.4, 0.5) is 0 Å². The van der Waals surface area contributed by atoms with Crippen molar-refractivity contribution in [3.63, 3.8) is 0 Å². The highest BCUT2D eigenvalue weighted by atomic mass is 16.3. The van der Waals surface area contributed by atoms with Gasteiger partial charge in [-0.3, -0.25) is 0 Å². The summed E-state index contributed by atoms with van der Waals surface area (Å²) in [4.78, 5) is 0. The van der Waals surface area contributed by atoms with E-state index in [1.54, 1.807) is 6.92 Å². The summed E-state index contributed by atoms with van der Waals surface area (Å²) in [6.45, 7) is 1.98. The van der Waals surface area contributed by atoms with Gasteiger partial charge in [0.05, 0.1) is 12.7 Å². The first-order chi connectivity index (χ1) is 6.68. The fourth-order valence-electron chi connectivity index (χ4n) is 1.82. The quantitative estimate of drug-likeness (QED) is 0.766. The Hall–Kier alpha value is -0.860. The Morgan fingerprint density at radius 1 is 1.43 bits per heavy atom. The van der Waals surface area contributed by atoms with Gasteiger partial charge in [0.1, 0.15) is 0 Å². The summed E-state index contributed by atoms with van der Waals surface area (Å²) < 4.78 is 0. The molecular weight excluding hydrogens is 176 g/mol. The Balaban J connectivity index is 2.31. The van der Waals surface area contributed by atoms with Crippen molar-refractivity contribution in [1.29, 1.82) is 0 Å². The van der Waals surface area contributed by atoms with E-state index in [1.807, 2.05) is 24.3 Å². The van der Waals surface area contributed by atoms with Crippen LogP contribution >= 0.6 is 0 Å². The summed E-state index contributed by atoms with van der Waals surface area (Å²) >= 11 is 0. The topological polar surface area (TPSA) is 40.5 Å². The molecule has 2 heteroatoms. The summed E-state index contributed by atoms with van der Waals surface area (Å²) in [5.41, 5.74) is 2.10. The molecule has 14 heavy (non-hydrogen) atoms. The lowest BCUT2D eigenvalue weighted by Gasteiger charge is -2.14. The van der Waals surface area contributed by atoms with E-state index in [4.69, 9.17) is 0 Å². The van der Waals surface area contributed by atoms with Crippen molar-refractivity contribution in [2.24, 2.45) is 0 Å². The van der Waals surface area contributed by atoms with Gasteiger partial charge in [0.25, 0.3) is 0 Å². The van der Waals surface area contributed by atoms with E-state index in [0.717, 1.165) is 18.4 Å². The third-order valence-electron chi connectivity index (χ3n) is 3.14. The van der Waals surface area contributed by atoms with Crippen LogP contribution in [0.1, 0.15) is 37.0 Å². The zero-order chi connectivity index (χ0) is 10.2. The molecule has 0 heterocycles. The van der Waals surface area contributed by atoms with E-state index in [0.29, 0.717) is 0 Å². The van der Waals surface area contributed by atoms with Crippen molar-refractivity contribution >= 4 is 0 Å². The van der Waals surface area contributed by atoms with Gasteiger partial charge >= 0.3 is 0 Å². The highest BCUT2D eigenvalue weighted by molar-refractivity contribution is 5.35. The summed E-state index contributed by atoms with van der Waals surface area (Å²) in [6, 6.07) is 7.91. The van der Waals surface area contributed by atoms with Gasteiger partial charge < -0.3 is 10.2 Å². The Kier molecular flexibility index (Phi) is 2.33. The van der Waals surface area contributed by atoms with Gasteiger partial charge in [-0.25, -0.2) is 0 Å². The van der Waals surface area contributed by atoms with Gasteiger partial charge in [0, 0.05) is 5.41 Å². The Morgan fingerprint density at radius 3 is 2.64 bits per heavy atom. The maximum absolute atomic E-state index is 9.44.